The third-order valence-electron chi connectivity index (χ3n) is 3.51. The number of imide groups is 1. The van der Waals surface area contributed by atoms with E-state index >= 15 is 0 Å². The summed E-state index contributed by atoms with van der Waals surface area (Å²) in [5.74, 6) is 0.358. The van der Waals surface area contributed by atoms with Crippen LogP contribution in [-0.4, -0.2) is 44.6 Å². The van der Waals surface area contributed by atoms with Gasteiger partial charge in [-0.25, -0.2) is 0 Å². The van der Waals surface area contributed by atoms with E-state index in [1.807, 2.05) is 0 Å². The number of carbonyl (C=O) groups excluding carboxylic acids is 2. The Hall–Kier alpha value is -2.47. The van der Waals surface area contributed by atoms with Gasteiger partial charge in [0.05, 0.1) is 26.4 Å². The van der Waals surface area contributed by atoms with E-state index in [4.69, 9.17) is 25.8 Å². The summed E-state index contributed by atoms with van der Waals surface area (Å²) in [4.78, 5) is 25.0. The number of benzene rings is 1. The van der Waals surface area contributed by atoms with Gasteiger partial charge >= 0.3 is 0 Å². The number of hydrogen-bond donors (Lipinski definition) is 0. The standard InChI is InChI=1S/C17H18ClNO5/c1-22-12-10-11(15(18)17(24-3)16(12)23-2)7-8-14(21)19-9-5-4-6-13(19)20/h4,6-8,10H,5,9H2,1-3H3/b8-7+. The lowest BCUT2D eigenvalue weighted by Crippen LogP contribution is -2.37. The van der Waals surface area contributed by atoms with Crippen molar-refractivity contribution in [3.05, 3.63) is 34.9 Å². The van der Waals surface area contributed by atoms with Gasteiger partial charge in [0.15, 0.2) is 11.5 Å². The zero-order valence-corrected chi connectivity index (χ0v) is 14.4. The third kappa shape index (κ3) is 3.54. The number of ether oxygens (including phenoxy) is 3. The normalized spacial score (nSPS) is 14.2. The van der Waals surface area contributed by atoms with Crippen molar-refractivity contribution in [1.82, 2.24) is 4.90 Å². The molecule has 0 saturated carbocycles. The fraction of sp³-hybridized carbons (Fsp3) is 0.294. The van der Waals surface area contributed by atoms with Crippen molar-refractivity contribution < 1.29 is 23.8 Å². The summed E-state index contributed by atoms with van der Waals surface area (Å²) in [5.41, 5.74) is 0.513. The summed E-state index contributed by atoms with van der Waals surface area (Å²) in [6.07, 6.45) is 6.59. The van der Waals surface area contributed by atoms with E-state index < -0.39 is 5.91 Å². The smallest absolute Gasteiger partial charge is 0.253 e. The lowest BCUT2D eigenvalue weighted by molar-refractivity contribution is -0.139. The molecule has 0 fully saturated rings. The fourth-order valence-electron chi connectivity index (χ4n) is 2.32. The van der Waals surface area contributed by atoms with Crippen LogP contribution in [0.1, 0.15) is 12.0 Å². The Morgan fingerprint density at radius 1 is 1.21 bits per heavy atom. The second kappa shape index (κ2) is 7.88. The van der Waals surface area contributed by atoms with Gasteiger partial charge in [-0.3, -0.25) is 14.5 Å². The predicted octanol–water partition coefficient (Wildman–Crippen LogP) is 2.69. The summed E-state index contributed by atoms with van der Waals surface area (Å²) >= 11 is 6.30. The quantitative estimate of drug-likeness (QED) is 0.763. The SMILES string of the molecule is COc1cc(/C=C/C(=O)N2CCC=CC2=O)c(Cl)c(OC)c1OC. The van der Waals surface area contributed by atoms with Gasteiger partial charge in [0.2, 0.25) is 5.75 Å². The van der Waals surface area contributed by atoms with Crippen molar-refractivity contribution in [1.29, 1.82) is 0 Å². The highest BCUT2D eigenvalue weighted by atomic mass is 35.5. The van der Waals surface area contributed by atoms with E-state index in [0.717, 1.165) is 0 Å². The average molecular weight is 352 g/mol. The largest absolute Gasteiger partial charge is 0.493 e. The lowest BCUT2D eigenvalue weighted by atomic mass is 10.1. The molecule has 0 radical (unpaired) electrons. The molecule has 0 saturated heterocycles. The number of halogens is 1. The van der Waals surface area contributed by atoms with Gasteiger partial charge in [-0.05, 0) is 24.6 Å². The first-order valence-electron chi connectivity index (χ1n) is 7.22. The van der Waals surface area contributed by atoms with Gasteiger partial charge in [0.1, 0.15) is 0 Å². The molecule has 1 aromatic carbocycles. The molecule has 0 N–H and O–H groups in total. The molecular formula is C17H18ClNO5. The molecule has 1 aliphatic rings. The monoisotopic (exact) mass is 351 g/mol. The van der Waals surface area contributed by atoms with E-state index in [-0.39, 0.29) is 10.9 Å². The fourth-order valence-corrected chi connectivity index (χ4v) is 2.60. The van der Waals surface area contributed by atoms with Crippen LogP contribution in [0.25, 0.3) is 6.08 Å². The number of nitrogens with zero attached hydrogens (tertiary/aromatic N) is 1. The van der Waals surface area contributed by atoms with Crippen LogP contribution < -0.4 is 14.2 Å². The van der Waals surface area contributed by atoms with E-state index in [9.17, 15) is 9.59 Å². The Bertz CT molecular complexity index is 711. The summed E-state index contributed by atoms with van der Waals surface area (Å²) in [6, 6.07) is 1.63. The van der Waals surface area contributed by atoms with Crippen molar-refractivity contribution in [2.75, 3.05) is 27.9 Å². The maximum atomic E-state index is 12.2. The number of amides is 2. The minimum atomic E-state index is -0.408. The molecule has 2 amide bonds. The minimum Gasteiger partial charge on any atom is -0.493 e. The molecule has 0 atom stereocenters. The van der Waals surface area contributed by atoms with Crippen LogP contribution >= 0.6 is 11.6 Å². The van der Waals surface area contributed by atoms with Crippen molar-refractivity contribution in [3.63, 3.8) is 0 Å². The molecule has 0 aromatic heterocycles. The first-order chi connectivity index (χ1) is 11.5. The summed E-state index contributed by atoms with van der Waals surface area (Å²) < 4.78 is 15.8. The van der Waals surface area contributed by atoms with Gasteiger partial charge in [0, 0.05) is 18.2 Å². The van der Waals surface area contributed by atoms with Gasteiger partial charge in [0.25, 0.3) is 11.8 Å². The Labute approximate surface area is 145 Å². The Kier molecular flexibility index (Phi) is 5.87. The van der Waals surface area contributed by atoms with Crippen LogP contribution in [-0.2, 0) is 9.59 Å². The highest BCUT2D eigenvalue weighted by Gasteiger charge is 2.21. The molecule has 24 heavy (non-hydrogen) atoms. The second-order valence-corrected chi connectivity index (χ2v) is 5.28. The van der Waals surface area contributed by atoms with Crippen molar-refractivity contribution >= 4 is 29.5 Å². The second-order valence-electron chi connectivity index (χ2n) is 4.90. The zero-order valence-electron chi connectivity index (χ0n) is 13.7. The molecule has 0 spiro atoms. The van der Waals surface area contributed by atoms with E-state index in [0.29, 0.717) is 35.8 Å². The molecule has 7 heteroatoms. The summed E-state index contributed by atoms with van der Waals surface area (Å²) in [7, 11) is 4.42. The molecule has 1 aromatic rings. The van der Waals surface area contributed by atoms with Crippen LogP contribution in [0.2, 0.25) is 5.02 Å². The first kappa shape index (κ1) is 17.9. The van der Waals surface area contributed by atoms with Crippen molar-refractivity contribution in [2.24, 2.45) is 0 Å². The van der Waals surface area contributed by atoms with E-state index in [1.54, 1.807) is 12.1 Å². The van der Waals surface area contributed by atoms with Crippen LogP contribution in [0.5, 0.6) is 17.2 Å². The zero-order chi connectivity index (χ0) is 17.7. The topological polar surface area (TPSA) is 65.1 Å². The Morgan fingerprint density at radius 2 is 1.92 bits per heavy atom. The molecule has 128 valence electrons. The number of carbonyl (C=O) groups is 2. The van der Waals surface area contributed by atoms with E-state index in [2.05, 4.69) is 0 Å². The Morgan fingerprint density at radius 3 is 2.50 bits per heavy atom. The van der Waals surface area contributed by atoms with Crippen LogP contribution in [0, 0.1) is 0 Å². The number of methoxy groups -OCH3 is 3. The molecular weight excluding hydrogens is 334 g/mol. The van der Waals surface area contributed by atoms with Crippen LogP contribution in [0.4, 0.5) is 0 Å². The average Bonchev–Trinajstić information content (AvgIpc) is 2.60. The molecule has 2 rings (SSSR count). The highest BCUT2D eigenvalue weighted by Crippen LogP contribution is 2.44. The highest BCUT2D eigenvalue weighted by molar-refractivity contribution is 6.34. The van der Waals surface area contributed by atoms with Gasteiger partial charge in [-0.15, -0.1) is 0 Å². The van der Waals surface area contributed by atoms with Crippen molar-refractivity contribution in [2.45, 2.75) is 6.42 Å². The minimum absolute atomic E-state index is 0.282. The Balaban J connectivity index is 2.33. The molecule has 0 unspecified atom stereocenters. The molecule has 0 aliphatic carbocycles. The van der Waals surface area contributed by atoms with E-state index in [1.165, 1.54) is 44.5 Å². The molecule has 1 heterocycles. The summed E-state index contributed by atoms with van der Waals surface area (Å²) in [6.45, 7) is 0.363. The predicted molar refractivity (Wildman–Crippen MR) is 90.6 cm³/mol. The maximum Gasteiger partial charge on any atom is 0.253 e. The molecule has 1 aliphatic heterocycles. The van der Waals surface area contributed by atoms with Gasteiger partial charge in [-0.2, -0.15) is 0 Å². The third-order valence-corrected chi connectivity index (χ3v) is 3.90. The van der Waals surface area contributed by atoms with Crippen LogP contribution in [0.3, 0.4) is 0 Å². The molecule has 0 bridgehead atoms. The van der Waals surface area contributed by atoms with Gasteiger partial charge < -0.3 is 14.2 Å². The molecule has 6 nitrogen and oxygen atoms in total. The van der Waals surface area contributed by atoms with Crippen molar-refractivity contribution in [3.8, 4) is 17.2 Å². The van der Waals surface area contributed by atoms with Crippen LogP contribution in [0.15, 0.2) is 24.3 Å². The van der Waals surface area contributed by atoms with Gasteiger partial charge in [-0.1, -0.05) is 17.7 Å². The first-order valence-corrected chi connectivity index (χ1v) is 7.59. The number of hydrogen-bond acceptors (Lipinski definition) is 5. The number of rotatable bonds is 5. The summed E-state index contributed by atoms with van der Waals surface area (Å²) in [5, 5.41) is 0.282. The lowest BCUT2D eigenvalue weighted by Gasteiger charge is -2.19. The maximum absolute atomic E-state index is 12.2.